The molecule has 9 heteroatoms. The second-order valence-corrected chi connectivity index (χ2v) is 17.9. The molecule has 2 fully saturated rings. The molecular formula is C50H57O8P. The summed E-state index contributed by atoms with van der Waals surface area (Å²) in [7, 11) is -3.33. The van der Waals surface area contributed by atoms with Crippen molar-refractivity contribution >= 4 is 7.68 Å². The Morgan fingerprint density at radius 1 is 0.492 bits per heavy atom. The van der Waals surface area contributed by atoms with Gasteiger partial charge in [0.1, 0.15) is 28.2 Å². The molecule has 2 atom stereocenters. The Morgan fingerprint density at radius 3 is 1.15 bits per heavy atom. The van der Waals surface area contributed by atoms with E-state index in [0.29, 0.717) is 76.9 Å². The van der Waals surface area contributed by atoms with Gasteiger partial charge < -0.3 is 28.4 Å². The van der Waals surface area contributed by atoms with Crippen LogP contribution in [0.15, 0.2) is 115 Å². The minimum atomic E-state index is -3.33. The van der Waals surface area contributed by atoms with Crippen LogP contribution in [0.1, 0.15) is 96.8 Å². The zero-order chi connectivity index (χ0) is 41.9. The molecule has 0 radical (unpaired) electrons. The predicted octanol–water partition coefficient (Wildman–Crippen LogP) is 12.6. The molecule has 0 N–H and O–H groups in total. The molecule has 0 amide bonds. The SMILES string of the molecule is CC(C)Oc1cccc(OC(C)C)c1-c1cccc(-c2c(OC(C)C)cccc2OC(C)C)c1C1(P(=O)=O)C(c2ccccc2)CC2(CC1c1ccccc1)OCCO2. The summed E-state index contributed by atoms with van der Waals surface area (Å²) in [6.45, 7) is 16.7. The lowest BCUT2D eigenvalue weighted by Gasteiger charge is -2.52. The number of ether oxygens (including phenoxy) is 6. The fourth-order valence-electron chi connectivity index (χ4n) is 9.16. The Bertz CT molecular complexity index is 2070. The van der Waals surface area contributed by atoms with Gasteiger partial charge in [-0.1, -0.05) is 91.0 Å². The van der Waals surface area contributed by atoms with E-state index in [1.807, 2.05) is 171 Å². The van der Waals surface area contributed by atoms with Crippen LogP contribution in [0, 0.1) is 0 Å². The molecular weight excluding hydrogens is 760 g/mol. The van der Waals surface area contributed by atoms with Crippen LogP contribution < -0.4 is 18.9 Å². The molecule has 1 saturated carbocycles. The van der Waals surface area contributed by atoms with Crippen molar-refractivity contribution < 1.29 is 37.6 Å². The van der Waals surface area contributed by atoms with E-state index in [1.165, 1.54) is 0 Å². The van der Waals surface area contributed by atoms with Crippen LogP contribution in [0.2, 0.25) is 0 Å². The van der Waals surface area contributed by atoms with Gasteiger partial charge in [0.25, 0.3) is 0 Å². The van der Waals surface area contributed by atoms with Crippen molar-refractivity contribution in [3.8, 4) is 45.3 Å². The zero-order valence-electron chi connectivity index (χ0n) is 35.5. The summed E-state index contributed by atoms with van der Waals surface area (Å²) in [5.74, 6) is 0.0195. The molecule has 1 aliphatic carbocycles. The summed E-state index contributed by atoms with van der Waals surface area (Å²) in [4.78, 5) is 0. The van der Waals surface area contributed by atoms with Crippen LogP contribution in [-0.2, 0) is 23.8 Å². The Morgan fingerprint density at radius 2 is 0.831 bits per heavy atom. The van der Waals surface area contributed by atoms with Crippen molar-refractivity contribution in [1.82, 2.24) is 0 Å². The van der Waals surface area contributed by atoms with Gasteiger partial charge in [0.2, 0.25) is 0 Å². The van der Waals surface area contributed by atoms with Crippen molar-refractivity contribution in [2.75, 3.05) is 13.2 Å². The maximum atomic E-state index is 15.5. The maximum absolute atomic E-state index is 15.5. The Balaban J connectivity index is 1.73. The molecule has 5 aromatic carbocycles. The molecule has 5 aromatic rings. The van der Waals surface area contributed by atoms with Crippen LogP contribution in [-0.4, -0.2) is 43.4 Å². The zero-order valence-corrected chi connectivity index (χ0v) is 36.4. The molecule has 2 aliphatic rings. The monoisotopic (exact) mass is 816 g/mol. The van der Waals surface area contributed by atoms with Crippen molar-refractivity contribution in [1.29, 1.82) is 0 Å². The summed E-state index contributed by atoms with van der Waals surface area (Å²) in [5, 5.41) is -1.62. The van der Waals surface area contributed by atoms with Crippen molar-refractivity contribution in [3.63, 3.8) is 0 Å². The maximum Gasteiger partial charge on any atom is 0.327 e. The predicted molar refractivity (Wildman–Crippen MR) is 233 cm³/mol. The van der Waals surface area contributed by atoms with E-state index in [4.69, 9.17) is 28.4 Å². The summed E-state index contributed by atoms with van der Waals surface area (Å²) in [5.41, 5.74) is 5.02. The van der Waals surface area contributed by atoms with Crippen LogP contribution >= 0.6 is 7.68 Å². The third kappa shape index (κ3) is 8.46. The second kappa shape index (κ2) is 17.8. The summed E-state index contributed by atoms with van der Waals surface area (Å²) >= 11 is 0. The molecule has 1 aliphatic heterocycles. The lowest BCUT2D eigenvalue weighted by molar-refractivity contribution is -0.190. The van der Waals surface area contributed by atoms with E-state index in [9.17, 15) is 0 Å². The van der Waals surface area contributed by atoms with Crippen LogP contribution in [0.25, 0.3) is 22.3 Å². The van der Waals surface area contributed by atoms with Gasteiger partial charge in [-0.15, -0.1) is 0 Å². The minimum Gasteiger partial charge on any atom is -0.490 e. The quantitative estimate of drug-likeness (QED) is 0.102. The average molecular weight is 817 g/mol. The first kappa shape index (κ1) is 42.3. The van der Waals surface area contributed by atoms with Crippen LogP contribution in [0.5, 0.6) is 23.0 Å². The molecule has 1 heterocycles. The highest BCUT2D eigenvalue weighted by Gasteiger charge is 2.63. The first-order valence-electron chi connectivity index (χ1n) is 20.9. The van der Waals surface area contributed by atoms with Crippen molar-refractivity contribution in [2.45, 2.75) is 115 Å². The molecule has 8 nitrogen and oxygen atoms in total. The average Bonchev–Trinajstić information content (AvgIpc) is 3.65. The second-order valence-electron chi connectivity index (χ2n) is 16.7. The topological polar surface area (TPSA) is 89.5 Å². The Labute approximate surface area is 350 Å². The highest BCUT2D eigenvalue weighted by Crippen LogP contribution is 2.70. The Hall–Kier alpha value is -4.88. The van der Waals surface area contributed by atoms with E-state index in [-0.39, 0.29) is 24.4 Å². The molecule has 310 valence electrons. The largest absolute Gasteiger partial charge is 0.490 e. The molecule has 1 spiro atoms. The smallest absolute Gasteiger partial charge is 0.327 e. The summed E-state index contributed by atoms with van der Waals surface area (Å²) < 4.78 is 70.7. The lowest BCUT2D eigenvalue weighted by atomic mass is 9.59. The first-order chi connectivity index (χ1) is 28.3. The third-order valence-corrected chi connectivity index (χ3v) is 12.5. The van der Waals surface area contributed by atoms with Gasteiger partial charge in [-0.25, -0.2) is 9.13 Å². The number of hydrogen-bond acceptors (Lipinski definition) is 8. The highest BCUT2D eigenvalue weighted by molar-refractivity contribution is 7.32. The normalized spacial score (nSPS) is 20.1. The molecule has 1 saturated heterocycles. The molecule has 59 heavy (non-hydrogen) atoms. The van der Waals surface area contributed by atoms with Gasteiger partial charge in [-0.05, 0) is 107 Å². The lowest BCUT2D eigenvalue weighted by Crippen LogP contribution is -2.50. The van der Waals surface area contributed by atoms with E-state index in [1.54, 1.807) is 0 Å². The van der Waals surface area contributed by atoms with Gasteiger partial charge in [0.05, 0.1) is 48.8 Å². The third-order valence-electron chi connectivity index (χ3n) is 11.0. The van der Waals surface area contributed by atoms with Crippen LogP contribution in [0.4, 0.5) is 0 Å². The van der Waals surface area contributed by atoms with E-state index in [0.717, 1.165) is 11.1 Å². The summed E-state index contributed by atoms with van der Waals surface area (Å²) in [6, 6.07) is 37.5. The van der Waals surface area contributed by atoms with Gasteiger partial charge in [-0.2, -0.15) is 0 Å². The van der Waals surface area contributed by atoms with Gasteiger partial charge in [0, 0.05) is 24.7 Å². The Kier molecular flexibility index (Phi) is 12.7. The van der Waals surface area contributed by atoms with Crippen LogP contribution in [0.3, 0.4) is 0 Å². The fourth-order valence-corrected chi connectivity index (χ4v) is 10.6. The van der Waals surface area contributed by atoms with Gasteiger partial charge in [-0.3, -0.25) is 0 Å². The fraction of sp³-hybridized carbons (Fsp3) is 0.400. The van der Waals surface area contributed by atoms with E-state index in [2.05, 4.69) is 0 Å². The van der Waals surface area contributed by atoms with Gasteiger partial charge in [0.15, 0.2) is 5.79 Å². The summed E-state index contributed by atoms with van der Waals surface area (Å²) in [6.07, 6.45) is -0.150. The molecule has 0 bridgehead atoms. The molecule has 0 aromatic heterocycles. The number of benzene rings is 5. The number of hydrogen-bond donors (Lipinski definition) is 0. The van der Waals surface area contributed by atoms with E-state index < -0.39 is 30.5 Å². The van der Waals surface area contributed by atoms with E-state index >= 15 is 9.13 Å². The highest BCUT2D eigenvalue weighted by atomic mass is 31.1. The first-order valence-corrected chi connectivity index (χ1v) is 22.1. The van der Waals surface area contributed by atoms with Gasteiger partial charge >= 0.3 is 7.68 Å². The van der Waals surface area contributed by atoms with Crippen molar-refractivity contribution in [2.24, 2.45) is 0 Å². The molecule has 7 rings (SSSR count). The minimum absolute atomic E-state index is 0.189. The van der Waals surface area contributed by atoms with Crippen molar-refractivity contribution in [3.05, 3.63) is 132 Å². The molecule has 2 unspecified atom stereocenters. The standard InChI is InChI=1S/C50H57O8P/c1-32(2)55-42-24-16-25-43(56-33(3)4)46(42)38-22-15-23-39(47-44(57-34(5)6)26-17-27-45(47)58-35(7)8)48(38)50(59(51)52)40(36-18-11-9-12-19-36)30-49(53-28-29-54-49)31-41(50)37-20-13-10-14-21-37/h9-27,32-35,40-41H,28-31H2,1-8H3. The number of rotatable bonds is 14.